The van der Waals surface area contributed by atoms with Crippen LogP contribution in [-0.4, -0.2) is 0 Å². The molecule has 0 saturated carbocycles. The van der Waals surface area contributed by atoms with Gasteiger partial charge in [0, 0.05) is 9.37 Å². The van der Waals surface area contributed by atoms with Crippen LogP contribution in [-0.2, 0) is 6.42 Å². The number of hydrogen-bond donors (Lipinski definition) is 1. The Labute approximate surface area is 81.5 Å². The van der Waals surface area contributed by atoms with Gasteiger partial charge >= 0.3 is 0 Å². The van der Waals surface area contributed by atoms with Crippen LogP contribution in [0, 0.1) is 0 Å². The van der Waals surface area contributed by atoms with Crippen molar-refractivity contribution in [1.29, 1.82) is 0 Å². The van der Waals surface area contributed by atoms with Crippen molar-refractivity contribution < 1.29 is 0 Å². The lowest BCUT2D eigenvalue weighted by atomic mass is 10.1. The summed E-state index contributed by atoms with van der Waals surface area (Å²) in [7, 11) is 0. The van der Waals surface area contributed by atoms with Gasteiger partial charge in [-0.3, -0.25) is 0 Å². The molecule has 0 heterocycles. The van der Waals surface area contributed by atoms with E-state index in [0.29, 0.717) is 0 Å². The monoisotopic (exact) mass is 230 g/mol. The van der Waals surface area contributed by atoms with Crippen LogP contribution in [0.15, 0.2) is 27.6 Å². The number of benzene rings is 1. The first-order valence-corrected chi connectivity index (χ1v) is 4.95. The van der Waals surface area contributed by atoms with Gasteiger partial charge in [0.05, 0.1) is 0 Å². The normalized spacial score (nSPS) is 10.1. The number of thiol groups is 1. The van der Waals surface area contributed by atoms with E-state index < -0.39 is 0 Å². The average Bonchev–Trinajstić information content (AvgIpc) is 1.98. The van der Waals surface area contributed by atoms with Crippen molar-refractivity contribution in [2.45, 2.75) is 24.7 Å². The minimum atomic E-state index is 1.00. The van der Waals surface area contributed by atoms with Gasteiger partial charge in [0.15, 0.2) is 0 Å². The summed E-state index contributed by atoms with van der Waals surface area (Å²) in [5.41, 5.74) is 1.37. The summed E-state index contributed by atoms with van der Waals surface area (Å²) in [4.78, 5) is 1.00. The molecular weight excluding hydrogens is 220 g/mol. The molecule has 0 fully saturated rings. The zero-order chi connectivity index (χ0) is 8.27. The standard InChI is InChI=1S/C9H11BrS/c1-2-3-7-4-5-9(11)8(10)6-7/h4-6,11H,2-3H2,1H3. The molecule has 1 aromatic rings. The fourth-order valence-electron chi connectivity index (χ4n) is 0.995. The lowest BCUT2D eigenvalue weighted by molar-refractivity contribution is 0.919. The Morgan fingerprint density at radius 1 is 1.45 bits per heavy atom. The van der Waals surface area contributed by atoms with Crippen LogP contribution in [0.2, 0.25) is 0 Å². The molecule has 60 valence electrons. The van der Waals surface area contributed by atoms with Crippen molar-refractivity contribution in [3.05, 3.63) is 28.2 Å². The summed E-state index contributed by atoms with van der Waals surface area (Å²) in [5, 5.41) is 0. The van der Waals surface area contributed by atoms with E-state index in [1.807, 2.05) is 6.07 Å². The van der Waals surface area contributed by atoms with Crippen LogP contribution in [0.4, 0.5) is 0 Å². The molecule has 0 aliphatic heterocycles. The third-order valence-electron chi connectivity index (χ3n) is 1.55. The van der Waals surface area contributed by atoms with E-state index >= 15 is 0 Å². The van der Waals surface area contributed by atoms with Gasteiger partial charge < -0.3 is 0 Å². The van der Waals surface area contributed by atoms with E-state index in [0.717, 1.165) is 15.8 Å². The Hall–Kier alpha value is 0.0500. The molecule has 0 aromatic heterocycles. The first-order chi connectivity index (χ1) is 5.24. The molecule has 0 aliphatic rings. The quantitative estimate of drug-likeness (QED) is 0.737. The lowest BCUT2D eigenvalue weighted by Crippen LogP contribution is -1.82. The first-order valence-electron chi connectivity index (χ1n) is 3.71. The summed E-state index contributed by atoms with van der Waals surface area (Å²) in [6, 6.07) is 6.28. The molecule has 2 heteroatoms. The Balaban J connectivity index is 2.86. The van der Waals surface area contributed by atoms with Crippen molar-refractivity contribution >= 4 is 28.6 Å². The Morgan fingerprint density at radius 2 is 2.18 bits per heavy atom. The van der Waals surface area contributed by atoms with Crippen molar-refractivity contribution in [2.75, 3.05) is 0 Å². The molecule has 0 unspecified atom stereocenters. The van der Waals surface area contributed by atoms with Crippen LogP contribution >= 0.6 is 28.6 Å². The maximum atomic E-state index is 4.27. The van der Waals surface area contributed by atoms with Gasteiger partial charge in [-0.05, 0) is 40.0 Å². The third kappa shape index (κ3) is 2.53. The zero-order valence-electron chi connectivity index (χ0n) is 6.47. The predicted molar refractivity (Wildman–Crippen MR) is 55.4 cm³/mol. The fourth-order valence-corrected chi connectivity index (χ4v) is 1.56. The lowest BCUT2D eigenvalue weighted by Gasteiger charge is -2.00. The van der Waals surface area contributed by atoms with E-state index in [-0.39, 0.29) is 0 Å². The highest BCUT2D eigenvalue weighted by Gasteiger charge is 1.96. The van der Waals surface area contributed by atoms with Crippen molar-refractivity contribution in [3.8, 4) is 0 Å². The van der Waals surface area contributed by atoms with Crippen LogP contribution in [0.5, 0.6) is 0 Å². The van der Waals surface area contributed by atoms with Crippen LogP contribution in [0.3, 0.4) is 0 Å². The molecular formula is C9H11BrS. The second-order valence-corrected chi connectivity index (χ2v) is 3.87. The molecule has 1 rings (SSSR count). The highest BCUT2D eigenvalue weighted by atomic mass is 79.9. The largest absolute Gasteiger partial charge is 0.142 e. The maximum Gasteiger partial charge on any atom is 0.0311 e. The van der Waals surface area contributed by atoms with Crippen molar-refractivity contribution in [2.24, 2.45) is 0 Å². The SMILES string of the molecule is CCCc1ccc(S)c(Br)c1. The van der Waals surface area contributed by atoms with E-state index in [1.165, 1.54) is 12.0 Å². The number of halogens is 1. The molecule has 0 atom stereocenters. The number of aryl methyl sites for hydroxylation is 1. The first kappa shape index (κ1) is 9.14. The minimum Gasteiger partial charge on any atom is -0.142 e. The van der Waals surface area contributed by atoms with Gasteiger partial charge in [0.2, 0.25) is 0 Å². The summed E-state index contributed by atoms with van der Waals surface area (Å²) in [6.45, 7) is 2.18. The molecule has 0 bridgehead atoms. The van der Waals surface area contributed by atoms with E-state index in [1.54, 1.807) is 0 Å². The van der Waals surface area contributed by atoms with Crippen LogP contribution in [0.25, 0.3) is 0 Å². The van der Waals surface area contributed by atoms with Crippen molar-refractivity contribution in [3.63, 3.8) is 0 Å². The zero-order valence-corrected chi connectivity index (χ0v) is 8.95. The molecule has 11 heavy (non-hydrogen) atoms. The number of hydrogen-bond acceptors (Lipinski definition) is 1. The molecule has 0 spiro atoms. The molecule has 0 aliphatic carbocycles. The Bertz CT molecular complexity index is 245. The van der Waals surface area contributed by atoms with E-state index in [2.05, 4.69) is 47.6 Å². The van der Waals surface area contributed by atoms with Gasteiger partial charge in [0.25, 0.3) is 0 Å². The molecule has 0 N–H and O–H groups in total. The van der Waals surface area contributed by atoms with Crippen LogP contribution in [0.1, 0.15) is 18.9 Å². The van der Waals surface area contributed by atoms with E-state index in [9.17, 15) is 0 Å². The van der Waals surface area contributed by atoms with Gasteiger partial charge in [-0.2, -0.15) is 0 Å². The molecule has 1 aromatic carbocycles. The van der Waals surface area contributed by atoms with Crippen molar-refractivity contribution in [1.82, 2.24) is 0 Å². The Kier molecular flexibility index (Phi) is 3.46. The maximum absolute atomic E-state index is 4.27. The summed E-state index contributed by atoms with van der Waals surface area (Å²) < 4.78 is 1.09. The summed E-state index contributed by atoms with van der Waals surface area (Å²) >= 11 is 7.71. The highest BCUT2D eigenvalue weighted by Crippen LogP contribution is 2.22. The summed E-state index contributed by atoms with van der Waals surface area (Å²) in [6.07, 6.45) is 2.34. The van der Waals surface area contributed by atoms with Gasteiger partial charge in [-0.1, -0.05) is 19.4 Å². The fraction of sp³-hybridized carbons (Fsp3) is 0.333. The van der Waals surface area contributed by atoms with Gasteiger partial charge in [0.1, 0.15) is 0 Å². The molecule has 0 amide bonds. The predicted octanol–water partition coefficient (Wildman–Crippen LogP) is 3.69. The molecule has 0 nitrogen and oxygen atoms in total. The second kappa shape index (κ2) is 4.17. The highest BCUT2D eigenvalue weighted by molar-refractivity contribution is 9.10. The topological polar surface area (TPSA) is 0 Å². The van der Waals surface area contributed by atoms with Crippen LogP contribution < -0.4 is 0 Å². The van der Waals surface area contributed by atoms with Gasteiger partial charge in [-0.25, -0.2) is 0 Å². The average molecular weight is 231 g/mol. The minimum absolute atomic E-state index is 1.00. The molecule has 0 saturated heterocycles. The van der Waals surface area contributed by atoms with E-state index in [4.69, 9.17) is 0 Å². The summed E-state index contributed by atoms with van der Waals surface area (Å²) in [5.74, 6) is 0. The molecule has 0 radical (unpaired) electrons. The Morgan fingerprint density at radius 3 is 2.73 bits per heavy atom. The second-order valence-electron chi connectivity index (χ2n) is 2.54. The smallest absolute Gasteiger partial charge is 0.0311 e. The number of rotatable bonds is 2. The third-order valence-corrected chi connectivity index (χ3v) is 2.90. The van der Waals surface area contributed by atoms with Gasteiger partial charge in [-0.15, -0.1) is 12.6 Å².